The molecule has 6 heteroatoms. The van der Waals surface area contributed by atoms with Crippen LogP contribution in [0.3, 0.4) is 0 Å². The molecule has 0 amide bonds. The van der Waals surface area contributed by atoms with Crippen molar-refractivity contribution in [1.82, 2.24) is 4.57 Å². The fourth-order valence-corrected chi connectivity index (χ4v) is 3.21. The zero-order valence-electron chi connectivity index (χ0n) is 12.6. The maximum absolute atomic E-state index is 11.6. The number of aromatic carboxylic acids is 1. The van der Waals surface area contributed by atoms with E-state index in [1.807, 2.05) is 18.2 Å². The fraction of sp³-hybridized carbons (Fsp3) is 0.0556. The van der Waals surface area contributed by atoms with Gasteiger partial charge in [0.25, 0.3) is 0 Å². The highest BCUT2D eigenvalue weighted by atomic mass is 35.5. The molecule has 1 N–H and O–H groups in total. The van der Waals surface area contributed by atoms with Crippen molar-refractivity contribution in [2.24, 2.45) is 7.05 Å². The lowest BCUT2D eigenvalue weighted by atomic mass is 10.0. The topological polar surface area (TPSA) is 42.2 Å². The maximum atomic E-state index is 11.6. The van der Waals surface area contributed by atoms with Gasteiger partial charge in [0.2, 0.25) is 0 Å². The second-order valence-corrected chi connectivity index (χ2v) is 6.49. The predicted octanol–water partition coefficient (Wildman–Crippen LogP) is 6.02. The van der Waals surface area contributed by atoms with Gasteiger partial charge in [-0.2, -0.15) is 0 Å². The van der Waals surface area contributed by atoms with Crippen molar-refractivity contribution in [2.75, 3.05) is 0 Å². The van der Waals surface area contributed by atoms with E-state index in [0.29, 0.717) is 26.2 Å². The number of rotatable bonds is 3. The van der Waals surface area contributed by atoms with Crippen LogP contribution in [-0.4, -0.2) is 15.6 Å². The van der Waals surface area contributed by atoms with Crippen molar-refractivity contribution in [2.45, 2.75) is 0 Å². The van der Waals surface area contributed by atoms with Crippen LogP contribution in [0.2, 0.25) is 15.1 Å². The molecule has 0 unspecified atom stereocenters. The molecule has 0 aliphatic rings. The van der Waals surface area contributed by atoms with Crippen LogP contribution >= 0.6 is 34.8 Å². The van der Waals surface area contributed by atoms with Gasteiger partial charge in [-0.15, -0.1) is 0 Å². The Hall–Kier alpha value is -1.94. The number of carboxylic acids is 1. The summed E-state index contributed by atoms with van der Waals surface area (Å²) in [5.41, 5.74) is 3.10. The van der Waals surface area contributed by atoms with Crippen molar-refractivity contribution in [3.63, 3.8) is 0 Å². The third-order valence-electron chi connectivity index (χ3n) is 3.81. The van der Waals surface area contributed by atoms with Crippen LogP contribution < -0.4 is 0 Å². The average Bonchev–Trinajstić information content (AvgIpc) is 2.88. The molecule has 24 heavy (non-hydrogen) atoms. The lowest BCUT2D eigenvalue weighted by molar-refractivity contribution is 0.0687. The second-order valence-electron chi connectivity index (χ2n) is 5.26. The van der Waals surface area contributed by atoms with Gasteiger partial charge < -0.3 is 9.67 Å². The van der Waals surface area contributed by atoms with Crippen LogP contribution in [0.4, 0.5) is 0 Å². The van der Waals surface area contributed by atoms with Crippen LogP contribution in [0.5, 0.6) is 0 Å². The Bertz CT molecular complexity index is 930. The summed E-state index contributed by atoms with van der Waals surface area (Å²) >= 11 is 18.4. The lowest BCUT2D eigenvalue weighted by Crippen LogP contribution is -2.05. The van der Waals surface area contributed by atoms with Crippen LogP contribution in [0.15, 0.2) is 48.5 Å². The van der Waals surface area contributed by atoms with Gasteiger partial charge in [0.1, 0.15) is 5.69 Å². The first-order chi connectivity index (χ1) is 11.4. The van der Waals surface area contributed by atoms with Gasteiger partial charge >= 0.3 is 5.97 Å². The monoisotopic (exact) mass is 379 g/mol. The van der Waals surface area contributed by atoms with Gasteiger partial charge in [-0.25, -0.2) is 4.79 Å². The molecule has 0 radical (unpaired) electrons. The summed E-state index contributed by atoms with van der Waals surface area (Å²) in [5.74, 6) is -1.02. The molecule has 0 aliphatic heterocycles. The van der Waals surface area contributed by atoms with Gasteiger partial charge in [0.05, 0.1) is 15.7 Å². The molecular formula is C18H12Cl3NO2. The van der Waals surface area contributed by atoms with Crippen LogP contribution in [0.1, 0.15) is 10.5 Å². The number of hydrogen-bond acceptors (Lipinski definition) is 1. The molecule has 1 aromatic heterocycles. The van der Waals surface area contributed by atoms with Gasteiger partial charge in [-0.05, 0) is 29.8 Å². The number of aromatic nitrogens is 1. The molecule has 0 saturated heterocycles. The zero-order valence-corrected chi connectivity index (χ0v) is 14.8. The first kappa shape index (κ1) is 16.9. The first-order valence-electron chi connectivity index (χ1n) is 7.03. The van der Waals surface area contributed by atoms with Crippen molar-refractivity contribution >= 4 is 40.8 Å². The van der Waals surface area contributed by atoms with E-state index < -0.39 is 5.97 Å². The van der Waals surface area contributed by atoms with Crippen LogP contribution in [0.25, 0.3) is 22.4 Å². The molecule has 3 nitrogen and oxygen atoms in total. The van der Waals surface area contributed by atoms with Gasteiger partial charge in [0.15, 0.2) is 0 Å². The summed E-state index contributed by atoms with van der Waals surface area (Å²) < 4.78 is 1.62. The second kappa shape index (κ2) is 6.52. The Morgan fingerprint density at radius 2 is 1.67 bits per heavy atom. The van der Waals surface area contributed by atoms with E-state index in [9.17, 15) is 9.90 Å². The van der Waals surface area contributed by atoms with E-state index in [0.717, 1.165) is 11.3 Å². The number of benzene rings is 2. The van der Waals surface area contributed by atoms with E-state index >= 15 is 0 Å². The summed E-state index contributed by atoms with van der Waals surface area (Å²) in [6, 6.07) is 14.1. The normalized spacial score (nSPS) is 10.8. The Balaban J connectivity index is 2.33. The van der Waals surface area contributed by atoms with E-state index in [2.05, 4.69) is 0 Å². The average molecular weight is 381 g/mol. The van der Waals surface area contributed by atoms with Crippen molar-refractivity contribution in [3.05, 3.63) is 69.3 Å². The Kier molecular flexibility index (Phi) is 4.59. The Labute approximate surface area is 154 Å². The standard InChI is InChI=1S/C18H12Cl3NO2/c1-22-15(18(23)24)9-13(12-3-2-4-14(20)16(12)21)17(22)10-5-7-11(19)8-6-10/h2-9H,1H3,(H,23,24). The van der Waals surface area contributed by atoms with Crippen molar-refractivity contribution in [3.8, 4) is 22.4 Å². The quantitative estimate of drug-likeness (QED) is 0.604. The summed E-state index contributed by atoms with van der Waals surface area (Å²) in [6.45, 7) is 0. The Morgan fingerprint density at radius 3 is 2.29 bits per heavy atom. The lowest BCUT2D eigenvalue weighted by Gasteiger charge is -2.11. The summed E-state index contributed by atoms with van der Waals surface area (Å²) in [5, 5.41) is 10.9. The van der Waals surface area contributed by atoms with Crippen molar-refractivity contribution < 1.29 is 9.90 Å². The zero-order chi connectivity index (χ0) is 17.4. The minimum atomic E-state index is -1.02. The molecule has 0 atom stereocenters. The van der Waals surface area contributed by atoms with E-state index in [1.165, 1.54) is 0 Å². The highest BCUT2D eigenvalue weighted by Crippen LogP contribution is 2.40. The van der Waals surface area contributed by atoms with Crippen molar-refractivity contribution in [1.29, 1.82) is 0 Å². The van der Waals surface area contributed by atoms with E-state index in [4.69, 9.17) is 34.8 Å². The summed E-state index contributed by atoms with van der Waals surface area (Å²) in [7, 11) is 1.70. The smallest absolute Gasteiger partial charge is 0.352 e. The maximum Gasteiger partial charge on any atom is 0.352 e. The molecule has 0 aliphatic carbocycles. The summed E-state index contributed by atoms with van der Waals surface area (Å²) in [4.78, 5) is 11.6. The number of carbonyl (C=O) groups is 1. The van der Waals surface area contributed by atoms with E-state index in [1.54, 1.807) is 41.9 Å². The molecule has 0 spiro atoms. The largest absolute Gasteiger partial charge is 0.477 e. The number of carboxylic acid groups (broad SMARTS) is 1. The summed E-state index contributed by atoms with van der Waals surface area (Å²) in [6.07, 6.45) is 0. The first-order valence-corrected chi connectivity index (χ1v) is 8.17. The molecular weight excluding hydrogens is 369 g/mol. The number of hydrogen-bond donors (Lipinski definition) is 1. The van der Waals surface area contributed by atoms with E-state index in [-0.39, 0.29) is 5.69 Å². The van der Waals surface area contributed by atoms with Gasteiger partial charge in [-0.3, -0.25) is 0 Å². The minimum Gasteiger partial charge on any atom is -0.477 e. The number of nitrogens with zero attached hydrogens (tertiary/aromatic N) is 1. The fourth-order valence-electron chi connectivity index (χ4n) is 2.68. The predicted molar refractivity (Wildman–Crippen MR) is 98.3 cm³/mol. The molecule has 3 rings (SSSR count). The Morgan fingerprint density at radius 1 is 1.00 bits per heavy atom. The highest BCUT2D eigenvalue weighted by Gasteiger charge is 2.21. The third kappa shape index (κ3) is 2.91. The van der Waals surface area contributed by atoms with Crippen LogP contribution in [0, 0.1) is 0 Å². The van der Waals surface area contributed by atoms with Gasteiger partial charge in [0, 0.05) is 23.2 Å². The van der Waals surface area contributed by atoms with Gasteiger partial charge in [-0.1, -0.05) is 59.1 Å². The molecule has 122 valence electrons. The third-order valence-corrected chi connectivity index (χ3v) is 4.88. The van der Waals surface area contributed by atoms with Crippen LogP contribution in [-0.2, 0) is 7.05 Å². The number of halogens is 3. The minimum absolute atomic E-state index is 0.158. The molecule has 0 bridgehead atoms. The molecule has 1 heterocycles. The highest BCUT2D eigenvalue weighted by molar-refractivity contribution is 6.43. The molecule has 0 fully saturated rings. The SMILES string of the molecule is Cn1c(C(=O)O)cc(-c2cccc(Cl)c2Cl)c1-c1ccc(Cl)cc1. The molecule has 0 saturated carbocycles. The molecule has 3 aromatic rings. The molecule has 2 aromatic carbocycles.